The van der Waals surface area contributed by atoms with Crippen molar-refractivity contribution in [2.45, 2.75) is 11.1 Å². The number of benzene rings is 1. The molecule has 16 heteroatoms. The summed E-state index contributed by atoms with van der Waals surface area (Å²) < 4.78 is 64.1. The number of carboxylic acids is 1. The number of nitriles is 1. The van der Waals surface area contributed by atoms with Crippen molar-refractivity contribution in [2.75, 3.05) is 62.7 Å². The molecule has 0 spiro atoms. The van der Waals surface area contributed by atoms with Gasteiger partial charge in [-0.25, -0.2) is 18.2 Å². The maximum Gasteiger partial charge on any atom is 0.490 e. The quantitative estimate of drug-likeness (QED) is 0.328. The standard InChI is InChI=1S/C24H27N7O3S.C2HF3O2/c25-17-19-15-22(29-24(19)30-9-7-26-8-10-30)18-5-6-27-23(16-18)28-20-1-3-21(4-2-20)35(32,33)31-11-13-34-14-12-31;3-2(4,5)1(6)7/h1-6,15-16,26,29H,7-14H2,(H,27,28);(H,6,7). The van der Waals surface area contributed by atoms with E-state index in [4.69, 9.17) is 14.6 Å². The molecule has 2 saturated heterocycles. The van der Waals surface area contributed by atoms with Crippen molar-refractivity contribution in [1.29, 1.82) is 5.26 Å². The van der Waals surface area contributed by atoms with E-state index in [9.17, 15) is 26.9 Å². The lowest BCUT2D eigenvalue weighted by molar-refractivity contribution is -0.192. The highest BCUT2D eigenvalue weighted by Crippen LogP contribution is 2.29. The average molecular weight is 608 g/mol. The largest absolute Gasteiger partial charge is 0.490 e. The lowest BCUT2D eigenvalue weighted by atomic mass is 10.2. The fourth-order valence-corrected chi connectivity index (χ4v) is 5.69. The highest BCUT2D eigenvalue weighted by atomic mass is 32.2. The number of alkyl halides is 3. The van der Waals surface area contributed by atoms with Crippen LogP contribution in [0.4, 0.5) is 30.5 Å². The molecule has 2 aromatic heterocycles. The number of halogens is 3. The molecule has 0 saturated carbocycles. The minimum absolute atomic E-state index is 0.252. The van der Waals surface area contributed by atoms with Gasteiger partial charge in [-0.2, -0.15) is 22.7 Å². The monoisotopic (exact) mass is 607 g/mol. The van der Waals surface area contributed by atoms with Crippen molar-refractivity contribution < 1.29 is 36.2 Å². The smallest absolute Gasteiger partial charge is 0.475 e. The van der Waals surface area contributed by atoms with E-state index in [0.717, 1.165) is 48.9 Å². The first-order chi connectivity index (χ1) is 20.0. The molecule has 2 fully saturated rings. The molecule has 12 nitrogen and oxygen atoms in total. The van der Waals surface area contributed by atoms with Crippen molar-refractivity contribution in [3.63, 3.8) is 0 Å². The number of H-pyrrole nitrogens is 1. The molecular weight excluding hydrogens is 579 g/mol. The SMILES string of the molecule is N#Cc1cc(-c2ccnc(Nc3ccc(S(=O)(=O)N4CCOCC4)cc3)c2)[nH]c1N1CCNCC1.O=C(O)C(F)(F)F. The predicted octanol–water partition coefficient (Wildman–Crippen LogP) is 2.76. The van der Waals surface area contributed by atoms with Gasteiger partial charge in [0, 0.05) is 62.4 Å². The Kier molecular flexibility index (Phi) is 9.68. The van der Waals surface area contributed by atoms with Crippen molar-refractivity contribution in [3.05, 3.63) is 54.2 Å². The van der Waals surface area contributed by atoms with Crippen molar-refractivity contribution >= 4 is 33.3 Å². The van der Waals surface area contributed by atoms with Gasteiger partial charge in [0.2, 0.25) is 10.0 Å². The number of nitrogens with zero attached hydrogens (tertiary/aromatic N) is 4. The number of aromatic amines is 1. The summed E-state index contributed by atoms with van der Waals surface area (Å²) in [5.41, 5.74) is 3.07. The number of pyridine rings is 1. The summed E-state index contributed by atoms with van der Waals surface area (Å²) in [7, 11) is -3.54. The fourth-order valence-electron chi connectivity index (χ4n) is 4.28. The molecule has 2 aliphatic rings. The highest BCUT2D eigenvalue weighted by Gasteiger charge is 2.38. The van der Waals surface area contributed by atoms with E-state index >= 15 is 0 Å². The number of sulfonamides is 1. The normalized spacial score (nSPS) is 16.2. The van der Waals surface area contributed by atoms with Crippen LogP contribution in [0, 0.1) is 11.3 Å². The van der Waals surface area contributed by atoms with Crippen LogP contribution in [0.15, 0.2) is 53.6 Å². The Labute approximate surface area is 239 Å². The minimum Gasteiger partial charge on any atom is -0.475 e. The number of aliphatic carboxylic acids is 1. The molecule has 42 heavy (non-hydrogen) atoms. The van der Waals surface area contributed by atoms with Gasteiger partial charge in [-0.15, -0.1) is 0 Å². The first kappa shape index (κ1) is 30.8. The zero-order valence-electron chi connectivity index (χ0n) is 22.2. The summed E-state index contributed by atoms with van der Waals surface area (Å²) in [4.78, 5) is 19.1. The molecule has 0 aliphatic carbocycles. The Bertz CT molecular complexity index is 1530. The summed E-state index contributed by atoms with van der Waals surface area (Å²) in [5, 5.41) is 23.3. The van der Waals surface area contributed by atoms with E-state index in [1.54, 1.807) is 30.5 Å². The molecule has 0 atom stereocenters. The number of aromatic nitrogens is 2. The van der Waals surface area contributed by atoms with Crippen LogP contribution < -0.4 is 15.5 Å². The van der Waals surface area contributed by atoms with Crippen LogP contribution in [-0.4, -0.2) is 92.4 Å². The number of anilines is 3. The number of carbonyl (C=O) groups is 1. The number of hydrogen-bond donors (Lipinski definition) is 4. The molecule has 4 heterocycles. The number of rotatable bonds is 6. The Balaban J connectivity index is 0.000000517. The predicted molar refractivity (Wildman–Crippen MR) is 147 cm³/mol. The lowest BCUT2D eigenvalue weighted by Crippen LogP contribution is -2.44. The van der Waals surface area contributed by atoms with Gasteiger partial charge in [0.15, 0.2) is 0 Å². The first-order valence-electron chi connectivity index (χ1n) is 12.8. The second-order valence-electron chi connectivity index (χ2n) is 9.19. The number of piperazine rings is 1. The molecule has 5 rings (SSSR count). The molecule has 0 bridgehead atoms. The molecule has 0 radical (unpaired) electrons. The van der Waals surface area contributed by atoms with Crippen LogP contribution in [0.3, 0.4) is 0 Å². The second-order valence-corrected chi connectivity index (χ2v) is 11.1. The number of nitrogens with one attached hydrogen (secondary N) is 3. The Morgan fingerprint density at radius 2 is 1.71 bits per heavy atom. The summed E-state index contributed by atoms with van der Waals surface area (Å²) in [6, 6.07) is 14.6. The summed E-state index contributed by atoms with van der Waals surface area (Å²) in [6.07, 6.45) is -3.38. The lowest BCUT2D eigenvalue weighted by Gasteiger charge is -2.28. The number of ether oxygens (including phenoxy) is 1. The number of morpholine rings is 1. The maximum absolute atomic E-state index is 12.8. The van der Waals surface area contributed by atoms with Crippen LogP contribution in [-0.2, 0) is 19.6 Å². The summed E-state index contributed by atoms with van der Waals surface area (Å²) in [6.45, 7) is 5.00. The fraction of sp³-hybridized carbons (Fsp3) is 0.346. The average Bonchev–Trinajstić information content (AvgIpc) is 3.43. The summed E-state index contributed by atoms with van der Waals surface area (Å²) >= 11 is 0. The van der Waals surface area contributed by atoms with E-state index in [-0.39, 0.29) is 4.90 Å². The topological polar surface area (TPSA) is 164 Å². The van der Waals surface area contributed by atoms with Crippen molar-refractivity contribution in [2.24, 2.45) is 0 Å². The van der Waals surface area contributed by atoms with Crippen molar-refractivity contribution in [1.82, 2.24) is 19.6 Å². The van der Waals surface area contributed by atoms with Gasteiger partial charge >= 0.3 is 12.1 Å². The summed E-state index contributed by atoms with van der Waals surface area (Å²) in [5.74, 6) is -1.30. The molecule has 0 amide bonds. The Hall–Kier alpha value is -4.17. The zero-order chi connectivity index (χ0) is 30.3. The van der Waals surface area contributed by atoms with E-state index in [0.29, 0.717) is 37.7 Å². The number of hydrogen-bond acceptors (Lipinski definition) is 9. The van der Waals surface area contributed by atoms with Gasteiger partial charge in [0.1, 0.15) is 17.7 Å². The Morgan fingerprint density at radius 3 is 2.31 bits per heavy atom. The van der Waals surface area contributed by atoms with Crippen LogP contribution in [0.25, 0.3) is 11.3 Å². The maximum atomic E-state index is 12.8. The zero-order valence-corrected chi connectivity index (χ0v) is 23.0. The third-order valence-corrected chi connectivity index (χ3v) is 8.31. The molecule has 3 aromatic rings. The molecular formula is C26H28F3N7O5S. The van der Waals surface area contributed by atoms with Gasteiger partial charge in [0.05, 0.1) is 23.7 Å². The molecule has 0 unspecified atom stereocenters. The third-order valence-electron chi connectivity index (χ3n) is 6.40. The molecule has 2 aliphatic heterocycles. The Morgan fingerprint density at radius 1 is 1.07 bits per heavy atom. The van der Waals surface area contributed by atoms with E-state index in [1.165, 1.54) is 4.31 Å². The van der Waals surface area contributed by atoms with Gasteiger partial charge in [-0.05, 0) is 42.5 Å². The molecule has 1 aromatic carbocycles. The second kappa shape index (κ2) is 13.2. The molecule has 224 valence electrons. The van der Waals surface area contributed by atoms with Crippen LogP contribution in [0.1, 0.15) is 5.56 Å². The van der Waals surface area contributed by atoms with Gasteiger partial charge in [-0.1, -0.05) is 0 Å². The first-order valence-corrected chi connectivity index (χ1v) is 14.2. The number of carboxylic acid groups (broad SMARTS) is 1. The van der Waals surface area contributed by atoms with E-state index in [1.807, 2.05) is 18.2 Å². The van der Waals surface area contributed by atoms with Crippen molar-refractivity contribution in [3.8, 4) is 17.3 Å². The van der Waals surface area contributed by atoms with Crippen LogP contribution in [0.2, 0.25) is 0 Å². The van der Waals surface area contributed by atoms with Crippen LogP contribution in [0.5, 0.6) is 0 Å². The minimum atomic E-state index is -5.08. The molecule has 4 N–H and O–H groups in total. The highest BCUT2D eigenvalue weighted by molar-refractivity contribution is 7.89. The van der Waals surface area contributed by atoms with E-state index < -0.39 is 22.2 Å². The van der Waals surface area contributed by atoms with Gasteiger partial charge in [-0.3, -0.25) is 0 Å². The van der Waals surface area contributed by atoms with Gasteiger partial charge < -0.3 is 30.4 Å². The third kappa shape index (κ3) is 7.56. The van der Waals surface area contributed by atoms with Gasteiger partial charge in [0.25, 0.3) is 0 Å². The van der Waals surface area contributed by atoms with Crippen LogP contribution >= 0.6 is 0 Å². The van der Waals surface area contributed by atoms with E-state index in [2.05, 4.69) is 31.6 Å².